The molecule has 0 unspecified atom stereocenters. The number of hydrogen-bond donors (Lipinski definition) is 1. The maximum atomic E-state index is 12.9. The van der Waals surface area contributed by atoms with Gasteiger partial charge in [0.2, 0.25) is 5.91 Å². The van der Waals surface area contributed by atoms with Crippen LogP contribution in [0.5, 0.6) is 0 Å². The van der Waals surface area contributed by atoms with Gasteiger partial charge in [0, 0.05) is 23.0 Å². The van der Waals surface area contributed by atoms with Crippen LogP contribution in [0, 0.1) is 5.82 Å². The summed E-state index contributed by atoms with van der Waals surface area (Å²) in [6.45, 7) is -0.295. The zero-order chi connectivity index (χ0) is 19.4. The lowest BCUT2D eigenvalue weighted by atomic mass is 10.2. The lowest BCUT2D eigenvalue weighted by Gasteiger charge is -2.11. The molecule has 0 aliphatic heterocycles. The lowest BCUT2D eigenvalue weighted by molar-refractivity contribution is -0.116. The maximum Gasteiger partial charge on any atom is 0.331 e. The standard InChI is InChI=1S/C19H15ClFN3O3/c20-16-4-2-1-3-13(16)11-23-10-9-18(26)24(19(23)27)12-17(25)22-15-7-5-14(21)6-8-15/h1-10H,11-12H2,(H,22,25). The topological polar surface area (TPSA) is 73.1 Å². The normalized spacial score (nSPS) is 10.6. The fourth-order valence-electron chi connectivity index (χ4n) is 2.51. The Labute approximate surface area is 158 Å². The second-order valence-electron chi connectivity index (χ2n) is 5.80. The van der Waals surface area contributed by atoms with Crippen LogP contribution in [0.25, 0.3) is 0 Å². The number of hydrogen-bond acceptors (Lipinski definition) is 3. The number of rotatable bonds is 5. The Morgan fingerprint density at radius 3 is 2.44 bits per heavy atom. The van der Waals surface area contributed by atoms with Crippen LogP contribution in [-0.2, 0) is 17.9 Å². The molecular weight excluding hydrogens is 373 g/mol. The van der Waals surface area contributed by atoms with Gasteiger partial charge in [0.05, 0.1) is 6.54 Å². The first-order valence-electron chi connectivity index (χ1n) is 8.03. The van der Waals surface area contributed by atoms with E-state index in [1.807, 2.05) is 0 Å². The van der Waals surface area contributed by atoms with Gasteiger partial charge < -0.3 is 5.32 Å². The molecule has 2 aromatic carbocycles. The number of anilines is 1. The van der Waals surface area contributed by atoms with Crippen LogP contribution in [-0.4, -0.2) is 15.0 Å². The molecule has 0 spiro atoms. The molecule has 6 nitrogen and oxygen atoms in total. The van der Waals surface area contributed by atoms with E-state index in [1.165, 1.54) is 41.1 Å². The van der Waals surface area contributed by atoms with Crippen molar-refractivity contribution in [1.29, 1.82) is 0 Å². The van der Waals surface area contributed by atoms with E-state index < -0.39 is 29.5 Å². The first kappa shape index (κ1) is 18.6. The molecule has 0 bridgehead atoms. The average molecular weight is 388 g/mol. The van der Waals surface area contributed by atoms with Gasteiger partial charge in [-0.25, -0.2) is 9.18 Å². The Morgan fingerprint density at radius 1 is 1.04 bits per heavy atom. The van der Waals surface area contributed by atoms with Gasteiger partial charge in [0.25, 0.3) is 5.56 Å². The van der Waals surface area contributed by atoms with Gasteiger partial charge in [-0.05, 0) is 35.9 Å². The van der Waals surface area contributed by atoms with Crippen LogP contribution in [0.3, 0.4) is 0 Å². The number of benzene rings is 2. The second-order valence-corrected chi connectivity index (χ2v) is 6.20. The van der Waals surface area contributed by atoms with Gasteiger partial charge in [-0.2, -0.15) is 0 Å². The van der Waals surface area contributed by atoms with Gasteiger partial charge in [0.1, 0.15) is 12.4 Å². The van der Waals surface area contributed by atoms with Crippen LogP contribution in [0.15, 0.2) is 70.4 Å². The van der Waals surface area contributed by atoms with Crippen LogP contribution in [0.1, 0.15) is 5.56 Å². The number of nitrogens with zero attached hydrogens (tertiary/aromatic N) is 2. The monoisotopic (exact) mass is 387 g/mol. The molecule has 0 fully saturated rings. The quantitative estimate of drug-likeness (QED) is 0.731. The predicted molar refractivity (Wildman–Crippen MR) is 101 cm³/mol. The van der Waals surface area contributed by atoms with Crippen molar-refractivity contribution >= 4 is 23.2 Å². The van der Waals surface area contributed by atoms with Crippen molar-refractivity contribution in [2.24, 2.45) is 0 Å². The number of halogens is 2. The highest BCUT2D eigenvalue weighted by molar-refractivity contribution is 6.31. The Bertz CT molecular complexity index is 1090. The summed E-state index contributed by atoms with van der Waals surface area (Å²) in [5, 5.41) is 3.01. The molecular formula is C19H15ClFN3O3. The second kappa shape index (κ2) is 8.01. The zero-order valence-corrected chi connectivity index (χ0v) is 14.8. The smallest absolute Gasteiger partial charge is 0.325 e. The minimum absolute atomic E-state index is 0.165. The zero-order valence-electron chi connectivity index (χ0n) is 14.1. The molecule has 0 atom stereocenters. The van der Waals surface area contributed by atoms with Gasteiger partial charge >= 0.3 is 5.69 Å². The molecule has 1 aromatic heterocycles. The van der Waals surface area contributed by atoms with Crippen molar-refractivity contribution in [2.45, 2.75) is 13.1 Å². The van der Waals surface area contributed by atoms with Crippen LogP contribution >= 0.6 is 11.6 Å². The van der Waals surface area contributed by atoms with Gasteiger partial charge in [-0.1, -0.05) is 29.8 Å². The summed E-state index contributed by atoms with van der Waals surface area (Å²) in [6.07, 6.45) is 1.36. The third-order valence-electron chi connectivity index (χ3n) is 3.87. The highest BCUT2D eigenvalue weighted by atomic mass is 35.5. The number of aromatic nitrogens is 2. The molecule has 0 radical (unpaired) electrons. The van der Waals surface area contributed by atoms with E-state index in [0.29, 0.717) is 16.3 Å². The molecule has 3 rings (SSSR count). The highest BCUT2D eigenvalue weighted by Gasteiger charge is 2.11. The summed E-state index contributed by atoms with van der Waals surface area (Å²) in [4.78, 5) is 36.8. The van der Waals surface area contributed by atoms with E-state index in [2.05, 4.69) is 5.32 Å². The fourth-order valence-corrected chi connectivity index (χ4v) is 2.71. The minimum atomic E-state index is -0.628. The molecule has 8 heteroatoms. The predicted octanol–water partition coefficient (Wildman–Crippen LogP) is 2.49. The SMILES string of the molecule is O=C(Cn1c(=O)ccn(Cc2ccccc2Cl)c1=O)Nc1ccc(F)cc1. The summed E-state index contributed by atoms with van der Waals surface area (Å²) in [6, 6.07) is 13.4. The van der Waals surface area contributed by atoms with Crippen molar-refractivity contribution in [3.05, 3.63) is 98.0 Å². The first-order chi connectivity index (χ1) is 12.9. The van der Waals surface area contributed by atoms with Crippen LogP contribution in [0.4, 0.5) is 10.1 Å². The third kappa shape index (κ3) is 4.51. The van der Waals surface area contributed by atoms with Crippen molar-refractivity contribution in [1.82, 2.24) is 9.13 Å². The third-order valence-corrected chi connectivity index (χ3v) is 4.24. The molecule has 0 saturated carbocycles. The number of carbonyl (C=O) groups excluding carboxylic acids is 1. The Kier molecular flexibility index (Phi) is 5.52. The van der Waals surface area contributed by atoms with Crippen LogP contribution < -0.4 is 16.6 Å². The van der Waals surface area contributed by atoms with Gasteiger partial charge in [-0.3, -0.25) is 18.7 Å². The Balaban J connectivity index is 1.82. The molecule has 0 aliphatic carbocycles. The van der Waals surface area contributed by atoms with E-state index >= 15 is 0 Å². The minimum Gasteiger partial charge on any atom is -0.325 e. The Morgan fingerprint density at radius 2 is 1.74 bits per heavy atom. The van der Waals surface area contributed by atoms with Crippen molar-refractivity contribution < 1.29 is 9.18 Å². The van der Waals surface area contributed by atoms with Gasteiger partial charge in [-0.15, -0.1) is 0 Å². The molecule has 0 aliphatic rings. The van der Waals surface area contributed by atoms with Crippen molar-refractivity contribution in [3.63, 3.8) is 0 Å². The van der Waals surface area contributed by atoms with Crippen molar-refractivity contribution in [2.75, 3.05) is 5.32 Å². The largest absolute Gasteiger partial charge is 0.331 e. The summed E-state index contributed by atoms with van der Waals surface area (Å²) >= 11 is 6.11. The highest BCUT2D eigenvalue weighted by Crippen LogP contribution is 2.15. The van der Waals surface area contributed by atoms with E-state index in [0.717, 1.165) is 4.57 Å². The van der Waals surface area contributed by atoms with E-state index in [1.54, 1.807) is 24.3 Å². The number of carbonyl (C=O) groups is 1. The van der Waals surface area contributed by atoms with Crippen LogP contribution in [0.2, 0.25) is 5.02 Å². The average Bonchev–Trinajstić information content (AvgIpc) is 2.64. The fraction of sp³-hybridized carbons (Fsp3) is 0.105. The summed E-state index contributed by atoms with van der Waals surface area (Å²) in [5.74, 6) is -1.01. The molecule has 3 aromatic rings. The maximum absolute atomic E-state index is 12.9. The number of amides is 1. The lowest BCUT2D eigenvalue weighted by Crippen LogP contribution is -2.41. The summed E-state index contributed by atoms with van der Waals surface area (Å²) < 4.78 is 15.0. The van der Waals surface area contributed by atoms with Crippen molar-refractivity contribution in [3.8, 4) is 0 Å². The summed E-state index contributed by atoms with van der Waals surface area (Å²) in [7, 11) is 0. The molecule has 0 saturated heterocycles. The van der Waals surface area contributed by atoms with Gasteiger partial charge in [0.15, 0.2) is 0 Å². The molecule has 1 amide bonds. The Hall–Kier alpha value is -3.19. The summed E-state index contributed by atoms with van der Waals surface area (Å²) in [5.41, 5.74) is -0.148. The number of nitrogens with one attached hydrogen (secondary N) is 1. The van der Waals surface area contributed by atoms with E-state index in [4.69, 9.17) is 11.6 Å². The molecule has 1 N–H and O–H groups in total. The molecule has 27 heavy (non-hydrogen) atoms. The van der Waals surface area contributed by atoms with E-state index in [9.17, 15) is 18.8 Å². The first-order valence-corrected chi connectivity index (χ1v) is 8.41. The molecule has 138 valence electrons. The van der Waals surface area contributed by atoms with E-state index in [-0.39, 0.29) is 6.54 Å². The molecule has 1 heterocycles.